The number of hydrogen-bond donors (Lipinski definition) is 2. The normalized spacial score (nSPS) is 13.4. The molecule has 0 amide bonds. The fourth-order valence-corrected chi connectivity index (χ4v) is 3.07. The highest BCUT2D eigenvalue weighted by Crippen LogP contribution is 2.29. The lowest BCUT2D eigenvalue weighted by Gasteiger charge is -2.12. The summed E-state index contributed by atoms with van der Waals surface area (Å²) in [5, 5.41) is 23.9. The molecule has 0 saturated heterocycles. The summed E-state index contributed by atoms with van der Waals surface area (Å²) in [6, 6.07) is 7.23. The number of fused-ring (bicyclic) bond motifs is 4. The average Bonchev–Trinajstić information content (AvgIpc) is 3.16. The number of carbonyl (C=O) groups excluding carboxylic acids is 1. The molecule has 3 heterocycles. The number of nitriles is 1. The van der Waals surface area contributed by atoms with Crippen LogP contribution in [-0.4, -0.2) is 53.0 Å². The number of benzene rings is 1. The van der Waals surface area contributed by atoms with Crippen LogP contribution in [0.1, 0.15) is 10.4 Å². The van der Waals surface area contributed by atoms with Crippen LogP contribution in [0.4, 0.5) is 5.82 Å². The number of aromatic nitrogens is 3. The first-order valence-corrected chi connectivity index (χ1v) is 8.93. The van der Waals surface area contributed by atoms with Gasteiger partial charge in [-0.3, -0.25) is 4.79 Å². The Labute approximate surface area is 162 Å². The first-order valence-electron chi connectivity index (χ1n) is 8.93. The van der Waals surface area contributed by atoms with Crippen molar-refractivity contribution in [3.05, 3.63) is 42.2 Å². The van der Waals surface area contributed by atoms with E-state index in [4.69, 9.17) is 9.84 Å². The van der Waals surface area contributed by atoms with Gasteiger partial charge in [0.15, 0.2) is 5.65 Å². The molecule has 0 radical (unpaired) electrons. The molecular weight excluding hydrogens is 357 g/mol. The van der Waals surface area contributed by atoms with Gasteiger partial charge in [0.2, 0.25) is 0 Å². The zero-order valence-electron chi connectivity index (χ0n) is 15.5. The Kier molecular flexibility index (Phi) is 6.24. The van der Waals surface area contributed by atoms with E-state index >= 15 is 0 Å². The van der Waals surface area contributed by atoms with Gasteiger partial charge in [-0.2, -0.15) is 5.10 Å². The molecule has 142 valence electrons. The Balaban J connectivity index is 0.00000109. The van der Waals surface area contributed by atoms with Crippen LogP contribution in [0.3, 0.4) is 0 Å². The molecule has 2 N–H and O–H groups in total. The van der Waals surface area contributed by atoms with Crippen LogP contribution in [0.15, 0.2) is 36.7 Å². The Morgan fingerprint density at radius 1 is 1.36 bits per heavy atom. The van der Waals surface area contributed by atoms with Gasteiger partial charge in [-0.1, -0.05) is 0 Å². The fourth-order valence-electron chi connectivity index (χ4n) is 3.07. The quantitative estimate of drug-likeness (QED) is 0.494. The van der Waals surface area contributed by atoms with Crippen LogP contribution >= 0.6 is 0 Å². The summed E-state index contributed by atoms with van der Waals surface area (Å²) in [5.74, 6) is 3.66. The van der Waals surface area contributed by atoms with E-state index in [1.807, 2.05) is 18.3 Å². The van der Waals surface area contributed by atoms with Crippen LogP contribution in [0.25, 0.3) is 16.8 Å². The van der Waals surface area contributed by atoms with Crippen molar-refractivity contribution < 1.29 is 14.6 Å². The number of hydrogen-bond acceptors (Lipinski definition) is 7. The predicted molar refractivity (Wildman–Crippen MR) is 107 cm³/mol. The Hall–Kier alpha value is -3.38. The van der Waals surface area contributed by atoms with E-state index in [0.29, 0.717) is 42.8 Å². The summed E-state index contributed by atoms with van der Waals surface area (Å²) in [4.78, 5) is 16.0. The lowest BCUT2D eigenvalue weighted by molar-refractivity contribution is 0.112. The maximum atomic E-state index is 11.3. The number of nitrogens with one attached hydrogen (secondary N) is 1. The third kappa shape index (κ3) is 4.13. The highest BCUT2D eigenvalue weighted by Gasteiger charge is 2.16. The highest BCUT2D eigenvalue weighted by atomic mass is 16.5. The summed E-state index contributed by atoms with van der Waals surface area (Å²) >= 11 is 0. The van der Waals surface area contributed by atoms with Gasteiger partial charge in [0.05, 0.1) is 12.8 Å². The number of aldehydes is 1. The summed E-state index contributed by atoms with van der Waals surface area (Å²) < 4.78 is 7.51. The second-order valence-electron chi connectivity index (χ2n) is 6.23. The van der Waals surface area contributed by atoms with Crippen LogP contribution in [0, 0.1) is 11.2 Å². The zero-order valence-corrected chi connectivity index (χ0v) is 15.5. The molecule has 3 aromatic rings. The molecule has 0 saturated carbocycles. The molecule has 28 heavy (non-hydrogen) atoms. The summed E-state index contributed by atoms with van der Waals surface area (Å²) in [6.07, 6.45) is 5.70. The van der Waals surface area contributed by atoms with Gasteiger partial charge < -0.3 is 15.2 Å². The molecule has 1 aliphatic heterocycles. The van der Waals surface area contributed by atoms with E-state index in [-0.39, 0.29) is 6.71 Å². The average molecular weight is 377 g/mol. The van der Waals surface area contributed by atoms with Crippen molar-refractivity contribution in [2.75, 3.05) is 25.6 Å². The summed E-state index contributed by atoms with van der Waals surface area (Å²) in [7, 11) is 1.00. The second kappa shape index (κ2) is 9.02. The van der Waals surface area contributed by atoms with Crippen LogP contribution < -0.4 is 10.1 Å². The van der Waals surface area contributed by atoms with E-state index in [9.17, 15) is 10.1 Å². The molecule has 0 unspecified atom stereocenters. The second-order valence-corrected chi connectivity index (χ2v) is 6.23. The lowest BCUT2D eigenvalue weighted by Crippen LogP contribution is -2.19. The van der Waals surface area contributed by atoms with Gasteiger partial charge in [-0.05, 0) is 42.5 Å². The standard InChI is InChI=1S/C18H16BN5O2.CH4O/c20-12-19-2-4-21-17-1-5-24-18(23-17)16(10-22-24)14-7-13(11-25)8-15(9-14)26-6-3-19;1-2/h1,5,7-11H,2-4,6H2,(H,21,23);2H,1H3. The van der Waals surface area contributed by atoms with Crippen molar-refractivity contribution >= 4 is 24.5 Å². The Morgan fingerprint density at radius 3 is 3.00 bits per heavy atom. The fraction of sp³-hybridized carbons (Fsp3) is 0.263. The van der Waals surface area contributed by atoms with Gasteiger partial charge in [0.1, 0.15) is 17.9 Å². The lowest BCUT2D eigenvalue weighted by atomic mass is 9.46. The maximum absolute atomic E-state index is 11.3. The molecule has 1 aromatic carbocycles. The molecule has 0 spiro atoms. The number of aliphatic hydroxyl groups excluding tert-OH is 1. The van der Waals surface area contributed by atoms with Crippen molar-refractivity contribution in [3.8, 4) is 22.8 Å². The van der Waals surface area contributed by atoms with Crippen molar-refractivity contribution in [2.24, 2.45) is 0 Å². The number of anilines is 1. The molecule has 4 rings (SSSR count). The molecule has 0 atom stereocenters. The number of ether oxygens (including phenoxy) is 1. The first kappa shape index (κ1) is 19.4. The SMILES string of the molecule is CO.N#CB1CCNc2ccn3ncc(c3n2)-c2cc(C=O)cc(c2)OCC1. The predicted octanol–water partition coefficient (Wildman–Crippen LogP) is 2.18. The minimum Gasteiger partial charge on any atom is -0.494 e. The molecule has 8 nitrogen and oxygen atoms in total. The highest BCUT2D eigenvalue weighted by molar-refractivity contribution is 6.67. The van der Waals surface area contributed by atoms with Crippen LogP contribution in [0.2, 0.25) is 12.6 Å². The number of carbonyl (C=O) groups is 1. The van der Waals surface area contributed by atoms with Crippen molar-refractivity contribution in [2.45, 2.75) is 12.6 Å². The van der Waals surface area contributed by atoms with E-state index in [2.05, 4.69) is 21.4 Å². The van der Waals surface area contributed by atoms with E-state index < -0.39 is 0 Å². The van der Waals surface area contributed by atoms with Gasteiger partial charge in [-0.15, -0.1) is 0 Å². The zero-order chi connectivity index (χ0) is 19.9. The van der Waals surface area contributed by atoms with Crippen LogP contribution in [-0.2, 0) is 0 Å². The largest absolute Gasteiger partial charge is 0.494 e. The molecule has 0 fully saturated rings. The monoisotopic (exact) mass is 377 g/mol. The van der Waals surface area contributed by atoms with E-state index in [0.717, 1.165) is 30.3 Å². The van der Waals surface area contributed by atoms with Crippen molar-refractivity contribution in [3.63, 3.8) is 0 Å². The third-order valence-electron chi connectivity index (χ3n) is 4.46. The number of nitrogens with zero attached hydrogens (tertiary/aromatic N) is 4. The molecule has 2 aromatic heterocycles. The van der Waals surface area contributed by atoms with Crippen LogP contribution in [0.5, 0.6) is 5.75 Å². The smallest absolute Gasteiger partial charge is 0.272 e. The minimum atomic E-state index is -0.103. The van der Waals surface area contributed by atoms with Gasteiger partial charge in [0, 0.05) is 36.9 Å². The van der Waals surface area contributed by atoms with Crippen molar-refractivity contribution in [1.29, 1.82) is 5.26 Å². The molecule has 1 aliphatic rings. The Bertz CT molecular complexity index is 1010. The third-order valence-corrected chi connectivity index (χ3v) is 4.46. The summed E-state index contributed by atoms with van der Waals surface area (Å²) in [6.45, 7) is 0.978. The van der Waals surface area contributed by atoms with E-state index in [1.165, 1.54) is 0 Å². The van der Waals surface area contributed by atoms with Gasteiger partial charge in [-0.25, -0.2) is 14.8 Å². The maximum Gasteiger partial charge on any atom is 0.272 e. The number of rotatable bonds is 1. The van der Waals surface area contributed by atoms with Gasteiger partial charge in [0.25, 0.3) is 6.71 Å². The topological polar surface area (TPSA) is 113 Å². The summed E-state index contributed by atoms with van der Waals surface area (Å²) in [5.41, 5.74) is 2.86. The molecular formula is C19H20BN5O3. The van der Waals surface area contributed by atoms with E-state index in [1.54, 1.807) is 22.8 Å². The molecule has 4 bridgehead atoms. The molecule has 0 aliphatic carbocycles. The molecule has 9 heteroatoms. The van der Waals surface area contributed by atoms with Crippen molar-refractivity contribution in [1.82, 2.24) is 14.6 Å². The number of aliphatic hydroxyl groups is 1. The first-order chi connectivity index (χ1) is 13.8. The van der Waals surface area contributed by atoms with Gasteiger partial charge >= 0.3 is 0 Å². The Morgan fingerprint density at radius 2 is 2.21 bits per heavy atom. The minimum absolute atomic E-state index is 0.103.